The number of carbonyl (C=O) groups is 2. The van der Waals surface area contributed by atoms with Crippen LogP contribution in [0.4, 0.5) is 17.6 Å². The summed E-state index contributed by atoms with van der Waals surface area (Å²) < 4.78 is 73.4. The van der Waals surface area contributed by atoms with Crippen molar-refractivity contribution in [2.24, 2.45) is 5.73 Å². The van der Waals surface area contributed by atoms with Crippen molar-refractivity contribution in [3.05, 3.63) is 83.8 Å². The van der Waals surface area contributed by atoms with E-state index >= 15 is 0 Å². The maximum absolute atomic E-state index is 14.6. The van der Waals surface area contributed by atoms with Gasteiger partial charge in [0.25, 0.3) is 5.91 Å². The van der Waals surface area contributed by atoms with Gasteiger partial charge in [0.1, 0.15) is 23.0 Å². The molecule has 0 spiro atoms. The number of pyridine rings is 1. The number of hydrogen-bond donors (Lipinski definition) is 3. The van der Waals surface area contributed by atoms with Gasteiger partial charge < -0.3 is 30.0 Å². The van der Waals surface area contributed by atoms with Crippen molar-refractivity contribution in [3.63, 3.8) is 0 Å². The Morgan fingerprint density at radius 3 is 2.42 bits per heavy atom. The molecule has 2 aromatic carbocycles. The van der Waals surface area contributed by atoms with Gasteiger partial charge in [-0.1, -0.05) is 0 Å². The Kier molecular flexibility index (Phi) is 8.99. The van der Waals surface area contributed by atoms with Crippen molar-refractivity contribution in [2.45, 2.75) is 25.1 Å². The molecule has 0 aliphatic carbocycles. The van der Waals surface area contributed by atoms with Gasteiger partial charge in [-0.15, -0.1) is 0 Å². The number of primary amides is 1. The highest BCUT2D eigenvalue weighted by Crippen LogP contribution is 2.42. The SMILES string of the molecule is CCOc1c(CC(N)=O)cc([C@@](O)(CNC(=O)c2ccc(-c3cnco3)c(OC)c2)C(F)(F)F)nc1-c1ccc(F)cc1. The molecule has 10 nitrogen and oxygen atoms in total. The van der Waals surface area contributed by atoms with Gasteiger partial charge in [-0.3, -0.25) is 9.59 Å². The fraction of sp³-hybridized carbons (Fsp3) is 0.241. The summed E-state index contributed by atoms with van der Waals surface area (Å²) in [6, 6.07) is 9.55. The first-order chi connectivity index (χ1) is 20.4. The molecule has 0 unspecified atom stereocenters. The van der Waals surface area contributed by atoms with E-state index in [1.165, 1.54) is 50.0 Å². The van der Waals surface area contributed by atoms with Crippen LogP contribution < -0.4 is 20.5 Å². The van der Waals surface area contributed by atoms with Gasteiger partial charge in [0.05, 0.1) is 44.1 Å². The van der Waals surface area contributed by atoms with Gasteiger partial charge in [0, 0.05) is 16.7 Å². The molecule has 0 saturated heterocycles. The Morgan fingerprint density at radius 1 is 1.12 bits per heavy atom. The molecule has 0 fully saturated rings. The van der Waals surface area contributed by atoms with Crippen molar-refractivity contribution < 1.29 is 46.1 Å². The zero-order valence-corrected chi connectivity index (χ0v) is 22.9. The molecule has 14 heteroatoms. The minimum atomic E-state index is -5.36. The number of hydrogen-bond acceptors (Lipinski definition) is 8. The Hall–Kier alpha value is -4.98. The number of nitrogens with one attached hydrogen (secondary N) is 1. The van der Waals surface area contributed by atoms with Crippen molar-refractivity contribution >= 4 is 11.8 Å². The van der Waals surface area contributed by atoms with Crippen LogP contribution >= 0.6 is 0 Å². The topological polar surface area (TPSA) is 150 Å². The smallest absolute Gasteiger partial charge is 0.424 e. The summed E-state index contributed by atoms with van der Waals surface area (Å²) in [7, 11) is 1.33. The van der Waals surface area contributed by atoms with Crippen LogP contribution in [0.1, 0.15) is 28.5 Å². The number of carbonyl (C=O) groups excluding carboxylic acids is 2. The molecule has 2 heterocycles. The van der Waals surface area contributed by atoms with E-state index < -0.39 is 48.1 Å². The molecule has 0 saturated carbocycles. The fourth-order valence-electron chi connectivity index (χ4n) is 4.26. The average molecular weight is 603 g/mol. The molecular formula is C29H26F4N4O6. The second-order valence-electron chi connectivity index (χ2n) is 9.25. The van der Waals surface area contributed by atoms with E-state index in [1.54, 1.807) is 6.92 Å². The first-order valence-corrected chi connectivity index (χ1v) is 12.7. The van der Waals surface area contributed by atoms with Crippen molar-refractivity contribution in [3.8, 4) is 34.1 Å². The molecule has 43 heavy (non-hydrogen) atoms. The summed E-state index contributed by atoms with van der Waals surface area (Å²) in [5, 5.41) is 13.2. The molecule has 1 atom stereocenters. The van der Waals surface area contributed by atoms with Crippen LogP contribution in [0.3, 0.4) is 0 Å². The van der Waals surface area contributed by atoms with E-state index in [0.29, 0.717) is 11.3 Å². The molecule has 226 valence electrons. The molecule has 4 aromatic rings. The lowest BCUT2D eigenvalue weighted by Crippen LogP contribution is -2.51. The van der Waals surface area contributed by atoms with Crippen molar-refractivity contribution in [1.82, 2.24) is 15.3 Å². The minimum Gasteiger partial charge on any atom is -0.496 e. The standard InChI is InChI=1S/C29H26F4N4O6/c1-3-42-26-18(12-24(34)38)11-23(37-25(26)16-4-7-19(30)8-5-16)28(40,29(31,32)33)14-36-27(39)17-6-9-20(21(10-17)41-2)22-13-35-15-43-22/h4-11,13,15,40H,3,12,14H2,1-2H3,(H2,34,38)(H,36,39)/t28-/m0/s1. The van der Waals surface area contributed by atoms with E-state index in [1.807, 2.05) is 0 Å². The predicted octanol–water partition coefficient (Wildman–Crippen LogP) is 4.16. The molecule has 2 amide bonds. The number of benzene rings is 2. The molecule has 2 aromatic heterocycles. The Morgan fingerprint density at radius 2 is 1.84 bits per heavy atom. The van der Waals surface area contributed by atoms with Gasteiger partial charge in [-0.2, -0.15) is 13.2 Å². The number of methoxy groups -OCH3 is 1. The average Bonchev–Trinajstić information content (AvgIpc) is 3.50. The lowest BCUT2D eigenvalue weighted by atomic mass is 9.93. The van der Waals surface area contributed by atoms with E-state index in [2.05, 4.69) is 15.3 Å². The van der Waals surface area contributed by atoms with Gasteiger partial charge in [-0.25, -0.2) is 14.4 Å². The normalized spacial score (nSPS) is 12.8. The fourth-order valence-corrected chi connectivity index (χ4v) is 4.26. The first-order valence-electron chi connectivity index (χ1n) is 12.7. The van der Waals surface area contributed by atoms with Crippen LogP contribution in [0, 0.1) is 5.82 Å². The molecular weight excluding hydrogens is 576 g/mol. The zero-order valence-electron chi connectivity index (χ0n) is 22.9. The number of aliphatic hydroxyl groups is 1. The summed E-state index contributed by atoms with van der Waals surface area (Å²) in [6.45, 7) is 0.283. The van der Waals surface area contributed by atoms with Crippen LogP contribution in [-0.4, -0.2) is 53.3 Å². The number of oxazole rings is 1. The third-order valence-corrected chi connectivity index (χ3v) is 6.38. The summed E-state index contributed by atoms with van der Waals surface area (Å²) in [4.78, 5) is 32.7. The zero-order chi connectivity index (χ0) is 31.4. The first kappa shape index (κ1) is 31.0. The number of rotatable bonds is 11. The largest absolute Gasteiger partial charge is 0.496 e. The van der Waals surface area contributed by atoms with Crippen LogP contribution in [0.5, 0.6) is 11.5 Å². The lowest BCUT2D eigenvalue weighted by Gasteiger charge is -2.31. The molecule has 0 aliphatic heterocycles. The predicted molar refractivity (Wildman–Crippen MR) is 144 cm³/mol. The van der Waals surface area contributed by atoms with E-state index in [-0.39, 0.29) is 40.5 Å². The number of amides is 2. The van der Waals surface area contributed by atoms with Gasteiger partial charge >= 0.3 is 6.18 Å². The Balaban J connectivity index is 1.75. The van der Waals surface area contributed by atoms with Crippen LogP contribution in [0.2, 0.25) is 0 Å². The van der Waals surface area contributed by atoms with Crippen molar-refractivity contribution in [1.29, 1.82) is 0 Å². The third-order valence-electron chi connectivity index (χ3n) is 6.38. The number of ether oxygens (including phenoxy) is 2. The molecule has 0 aliphatic rings. The molecule has 4 rings (SSSR count). The highest BCUT2D eigenvalue weighted by atomic mass is 19.4. The van der Waals surface area contributed by atoms with Crippen LogP contribution in [0.25, 0.3) is 22.6 Å². The van der Waals surface area contributed by atoms with Gasteiger partial charge in [0.2, 0.25) is 11.5 Å². The number of aromatic nitrogens is 2. The third kappa shape index (κ3) is 6.59. The number of nitrogens with two attached hydrogens (primary N) is 1. The maximum Gasteiger partial charge on any atom is 0.424 e. The molecule has 0 radical (unpaired) electrons. The van der Waals surface area contributed by atoms with Crippen LogP contribution in [-0.2, 0) is 16.8 Å². The Bertz CT molecular complexity index is 1610. The molecule has 0 bridgehead atoms. The summed E-state index contributed by atoms with van der Waals surface area (Å²) in [5.74, 6) is -2.02. The minimum absolute atomic E-state index is 0.0409. The van der Waals surface area contributed by atoms with Gasteiger partial charge in [0.15, 0.2) is 12.2 Å². The highest BCUT2D eigenvalue weighted by Gasteiger charge is 2.56. The number of nitrogens with zero attached hydrogens (tertiary/aromatic N) is 2. The van der Waals surface area contributed by atoms with Gasteiger partial charge in [-0.05, 0) is 55.5 Å². The highest BCUT2D eigenvalue weighted by molar-refractivity contribution is 5.95. The van der Waals surface area contributed by atoms with E-state index in [9.17, 15) is 32.3 Å². The van der Waals surface area contributed by atoms with E-state index in [0.717, 1.165) is 18.2 Å². The van der Waals surface area contributed by atoms with Crippen LogP contribution in [0.15, 0.2) is 65.5 Å². The summed E-state index contributed by atoms with van der Waals surface area (Å²) in [6.07, 6.45) is -3.31. The Labute approximate surface area is 242 Å². The maximum atomic E-state index is 14.6. The van der Waals surface area contributed by atoms with E-state index in [4.69, 9.17) is 19.6 Å². The second kappa shape index (κ2) is 12.5. The number of alkyl halides is 3. The quantitative estimate of drug-likeness (QED) is 0.217. The molecule has 4 N–H and O–H groups in total. The monoisotopic (exact) mass is 602 g/mol. The van der Waals surface area contributed by atoms with Crippen molar-refractivity contribution in [2.75, 3.05) is 20.3 Å². The lowest BCUT2D eigenvalue weighted by molar-refractivity contribution is -0.265. The number of halogens is 4. The second-order valence-corrected chi connectivity index (χ2v) is 9.25. The summed E-state index contributed by atoms with van der Waals surface area (Å²) >= 11 is 0. The summed E-state index contributed by atoms with van der Waals surface area (Å²) in [5.41, 5.74) is 0.875.